The molecule has 1 N–H and O–H groups in total. The first-order chi connectivity index (χ1) is 12.7. The second-order valence-corrected chi connectivity index (χ2v) is 9.30. The average molecular weight is 433 g/mol. The predicted molar refractivity (Wildman–Crippen MR) is 101 cm³/mol. The number of hydrogen-bond donors (Lipinski definition) is 1. The lowest BCUT2D eigenvalue weighted by atomic mass is 10.0. The second kappa shape index (κ2) is 8.00. The van der Waals surface area contributed by atoms with Gasteiger partial charge in [-0.1, -0.05) is 11.6 Å². The Kier molecular flexibility index (Phi) is 6.30. The summed E-state index contributed by atoms with van der Waals surface area (Å²) in [6.45, 7) is 5.50. The van der Waals surface area contributed by atoms with E-state index < -0.39 is 38.7 Å². The summed E-state index contributed by atoms with van der Waals surface area (Å²) >= 11 is 6.14. The van der Waals surface area contributed by atoms with Gasteiger partial charge in [-0.3, -0.25) is 4.79 Å². The van der Waals surface area contributed by atoms with Gasteiger partial charge in [-0.05, 0) is 50.1 Å². The first-order valence-corrected chi connectivity index (χ1v) is 10.4. The number of pyridine rings is 1. The molecule has 10 heteroatoms. The number of halogens is 3. The Bertz CT molecular complexity index is 1020. The van der Waals surface area contributed by atoms with Crippen molar-refractivity contribution in [3.05, 3.63) is 57.7 Å². The van der Waals surface area contributed by atoms with Crippen LogP contribution in [0.15, 0.2) is 24.4 Å². The van der Waals surface area contributed by atoms with Crippen molar-refractivity contribution in [1.29, 1.82) is 0 Å². The molecular weight excluding hydrogens is 414 g/mol. The molecule has 0 saturated heterocycles. The van der Waals surface area contributed by atoms with E-state index in [0.29, 0.717) is 11.6 Å². The summed E-state index contributed by atoms with van der Waals surface area (Å²) in [6.07, 6.45) is 2.12. The Balaban J connectivity index is 2.27. The smallest absolute Gasteiger partial charge is 0.267 e. The number of carbonyl (C=O) groups is 1. The Labute approximate surface area is 166 Å². The number of nitrogens with one attached hydrogen (secondary N) is 1. The van der Waals surface area contributed by atoms with Crippen molar-refractivity contribution in [3.63, 3.8) is 0 Å². The normalized spacial score (nSPS) is 12.0. The summed E-state index contributed by atoms with van der Waals surface area (Å²) in [5.41, 5.74) is -0.763. The van der Waals surface area contributed by atoms with E-state index in [1.54, 1.807) is 4.72 Å². The minimum Gasteiger partial charge on any atom is -0.471 e. The van der Waals surface area contributed by atoms with Crippen molar-refractivity contribution >= 4 is 27.5 Å². The van der Waals surface area contributed by atoms with Crippen LogP contribution in [0, 0.1) is 11.6 Å². The summed E-state index contributed by atoms with van der Waals surface area (Å²) in [4.78, 5) is 15.9. The first kappa shape index (κ1) is 22.0. The first-order valence-electron chi connectivity index (χ1n) is 8.08. The van der Waals surface area contributed by atoms with Gasteiger partial charge in [0.1, 0.15) is 22.3 Å². The van der Waals surface area contributed by atoms with Crippen LogP contribution in [-0.4, -0.2) is 31.2 Å². The highest BCUT2D eigenvalue weighted by atomic mass is 35.5. The lowest BCUT2D eigenvalue weighted by Gasteiger charge is -2.21. The van der Waals surface area contributed by atoms with Gasteiger partial charge in [0, 0.05) is 12.6 Å². The van der Waals surface area contributed by atoms with E-state index in [2.05, 4.69) is 4.98 Å². The highest BCUT2D eigenvalue weighted by molar-refractivity contribution is 7.89. The van der Waals surface area contributed by atoms with E-state index in [-0.39, 0.29) is 22.9 Å². The molecule has 1 heterocycles. The van der Waals surface area contributed by atoms with Gasteiger partial charge in [0.15, 0.2) is 0 Å². The SMILES string of the molecule is CC(C)(C)Oc1ncc(Cc2cc(F)c(C(=O)NS(C)(=O)=O)cc2F)cc1Cl. The van der Waals surface area contributed by atoms with Crippen molar-refractivity contribution in [2.45, 2.75) is 32.8 Å². The van der Waals surface area contributed by atoms with Crippen molar-refractivity contribution in [3.8, 4) is 5.88 Å². The zero-order chi connectivity index (χ0) is 21.3. The fraction of sp³-hybridized carbons (Fsp3) is 0.333. The third kappa shape index (κ3) is 6.13. The molecule has 28 heavy (non-hydrogen) atoms. The lowest BCUT2D eigenvalue weighted by molar-refractivity contribution is 0.0977. The maximum atomic E-state index is 14.3. The molecule has 0 bridgehead atoms. The van der Waals surface area contributed by atoms with E-state index in [0.717, 1.165) is 12.3 Å². The molecule has 2 aromatic rings. The second-order valence-electron chi connectivity index (χ2n) is 7.15. The largest absolute Gasteiger partial charge is 0.471 e. The molecule has 0 aliphatic carbocycles. The molecule has 0 unspecified atom stereocenters. The molecule has 1 aromatic carbocycles. The highest BCUT2D eigenvalue weighted by Crippen LogP contribution is 2.27. The van der Waals surface area contributed by atoms with Gasteiger partial charge in [0.2, 0.25) is 15.9 Å². The van der Waals surface area contributed by atoms with Crippen molar-refractivity contribution in [2.24, 2.45) is 0 Å². The van der Waals surface area contributed by atoms with Crippen molar-refractivity contribution in [2.75, 3.05) is 6.26 Å². The predicted octanol–water partition coefficient (Wildman–Crippen LogP) is 3.47. The fourth-order valence-electron chi connectivity index (χ4n) is 2.27. The lowest BCUT2D eigenvalue weighted by Crippen LogP contribution is -2.30. The number of ether oxygens (including phenoxy) is 1. The van der Waals surface area contributed by atoms with Gasteiger partial charge in [-0.15, -0.1) is 0 Å². The van der Waals surface area contributed by atoms with Crippen LogP contribution in [0.4, 0.5) is 8.78 Å². The van der Waals surface area contributed by atoms with Gasteiger partial charge in [0.05, 0.1) is 11.8 Å². The molecule has 0 radical (unpaired) electrons. The van der Waals surface area contributed by atoms with Crippen LogP contribution in [-0.2, 0) is 16.4 Å². The third-order valence-electron chi connectivity index (χ3n) is 3.32. The average Bonchev–Trinajstić information content (AvgIpc) is 2.50. The number of amides is 1. The van der Waals surface area contributed by atoms with Crippen molar-refractivity contribution in [1.82, 2.24) is 9.71 Å². The minimum atomic E-state index is -3.91. The maximum absolute atomic E-state index is 14.3. The number of carbonyl (C=O) groups excluding carboxylic acids is 1. The van der Waals surface area contributed by atoms with Crippen LogP contribution >= 0.6 is 11.6 Å². The molecule has 0 saturated carbocycles. The van der Waals surface area contributed by atoms with E-state index in [1.165, 1.54) is 12.3 Å². The maximum Gasteiger partial charge on any atom is 0.267 e. The van der Waals surface area contributed by atoms with E-state index >= 15 is 0 Å². The number of sulfonamides is 1. The van der Waals surface area contributed by atoms with Crippen LogP contribution in [0.5, 0.6) is 5.88 Å². The number of nitrogens with zero attached hydrogens (tertiary/aromatic N) is 1. The highest BCUT2D eigenvalue weighted by Gasteiger charge is 2.20. The van der Waals surface area contributed by atoms with E-state index in [4.69, 9.17) is 16.3 Å². The summed E-state index contributed by atoms with van der Waals surface area (Å²) < 4.78 is 57.9. The van der Waals surface area contributed by atoms with Gasteiger partial charge >= 0.3 is 0 Å². The molecule has 0 aliphatic rings. The van der Waals surface area contributed by atoms with E-state index in [9.17, 15) is 22.0 Å². The van der Waals surface area contributed by atoms with Crippen LogP contribution in [0.1, 0.15) is 42.3 Å². The molecule has 0 spiro atoms. The fourth-order valence-corrected chi connectivity index (χ4v) is 2.94. The van der Waals surface area contributed by atoms with Gasteiger partial charge in [0.25, 0.3) is 5.91 Å². The summed E-state index contributed by atoms with van der Waals surface area (Å²) in [6, 6.07) is 3.01. The molecule has 1 amide bonds. The molecule has 2 rings (SSSR count). The molecule has 0 atom stereocenters. The number of benzene rings is 1. The van der Waals surface area contributed by atoms with Crippen molar-refractivity contribution < 1.29 is 26.7 Å². The van der Waals surface area contributed by atoms with Gasteiger partial charge in [-0.2, -0.15) is 0 Å². The summed E-state index contributed by atoms with van der Waals surface area (Å²) in [7, 11) is -3.91. The molecular formula is C18H19ClF2N2O4S. The Morgan fingerprint density at radius 1 is 1.21 bits per heavy atom. The van der Waals surface area contributed by atoms with Crippen LogP contribution in [0.2, 0.25) is 5.02 Å². The van der Waals surface area contributed by atoms with Crippen LogP contribution < -0.4 is 9.46 Å². The summed E-state index contributed by atoms with van der Waals surface area (Å²) in [5.74, 6) is -2.95. The van der Waals surface area contributed by atoms with Gasteiger partial charge in [-0.25, -0.2) is 26.9 Å². The van der Waals surface area contributed by atoms with Gasteiger partial charge < -0.3 is 4.74 Å². The molecule has 6 nitrogen and oxygen atoms in total. The zero-order valence-corrected chi connectivity index (χ0v) is 17.2. The Hall–Kier alpha value is -2.26. The number of rotatable bonds is 5. The molecule has 0 fully saturated rings. The zero-order valence-electron chi connectivity index (χ0n) is 15.6. The van der Waals surface area contributed by atoms with E-state index in [1.807, 2.05) is 20.8 Å². The number of aromatic nitrogens is 1. The molecule has 0 aliphatic heterocycles. The third-order valence-corrected chi connectivity index (χ3v) is 4.15. The van der Waals surface area contributed by atoms with Crippen LogP contribution in [0.25, 0.3) is 0 Å². The summed E-state index contributed by atoms with van der Waals surface area (Å²) in [5, 5.41) is 0.220. The standard InChI is InChI=1S/C18H19ClF2N2O4S/c1-18(2,3)27-17-13(19)6-10(9-22-17)5-11-7-15(21)12(8-14(11)20)16(24)23-28(4,25)26/h6-9H,5H2,1-4H3,(H,23,24). The molecule has 152 valence electrons. The Morgan fingerprint density at radius 2 is 1.86 bits per heavy atom. The topological polar surface area (TPSA) is 85.4 Å². The number of hydrogen-bond acceptors (Lipinski definition) is 5. The monoisotopic (exact) mass is 432 g/mol. The minimum absolute atomic E-state index is 0.0424. The van der Waals surface area contributed by atoms with Crippen LogP contribution in [0.3, 0.4) is 0 Å². The Morgan fingerprint density at radius 3 is 2.39 bits per heavy atom. The quantitative estimate of drug-likeness (QED) is 0.781. The molecule has 1 aromatic heterocycles.